The van der Waals surface area contributed by atoms with Gasteiger partial charge in [-0.3, -0.25) is 44.0 Å². The van der Waals surface area contributed by atoms with Crippen LogP contribution in [-0.2, 0) is 62.6 Å². The Kier molecular flexibility index (Phi) is 20.1. The van der Waals surface area contributed by atoms with Crippen molar-refractivity contribution < 1.29 is 43.0 Å². The number of amides is 6. The highest BCUT2D eigenvalue weighted by Gasteiger charge is 2.40. The van der Waals surface area contributed by atoms with Gasteiger partial charge in [0.05, 0.1) is 45.2 Å². The van der Waals surface area contributed by atoms with Crippen molar-refractivity contribution in [2.45, 2.75) is 102 Å². The molecule has 0 radical (unpaired) electrons. The Balaban J connectivity index is 1.33. The van der Waals surface area contributed by atoms with Gasteiger partial charge in [0.1, 0.15) is 18.1 Å². The smallest absolute Gasteiger partial charge is 0.309 e. The van der Waals surface area contributed by atoms with Crippen LogP contribution in [0.1, 0.15) is 81.4 Å². The zero-order valence-electron chi connectivity index (χ0n) is 38.0. The molecular formula is C49H64N8O9. The zero-order valence-corrected chi connectivity index (χ0v) is 38.0. The van der Waals surface area contributed by atoms with Gasteiger partial charge in [-0.25, -0.2) is 5.01 Å². The predicted octanol–water partition coefficient (Wildman–Crippen LogP) is 3.11. The Morgan fingerprint density at radius 1 is 0.803 bits per heavy atom. The number of hydrazine groups is 1. The van der Waals surface area contributed by atoms with E-state index in [1.165, 1.54) is 12.0 Å². The van der Waals surface area contributed by atoms with Crippen LogP contribution in [0.5, 0.6) is 0 Å². The Morgan fingerprint density at radius 3 is 2.08 bits per heavy atom. The van der Waals surface area contributed by atoms with E-state index >= 15 is 0 Å². The van der Waals surface area contributed by atoms with Crippen LogP contribution in [-0.4, -0.2) is 109 Å². The minimum atomic E-state index is -1.29. The molecule has 0 aromatic heterocycles. The monoisotopic (exact) mass is 908 g/mol. The summed E-state index contributed by atoms with van der Waals surface area (Å²) in [5, 5.41) is 9.43. The summed E-state index contributed by atoms with van der Waals surface area (Å²) >= 11 is 0. The van der Waals surface area contributed by atoms with Crippen LogP contribution in [0, 0.1) is 11.8 Å². The number of benzene rings is 3. The number of hydrogen-bond donors (Lipinski definition) is 5. The third-order valence-electron chi connectivity index (χ3n) is 11.7. The fraction of sp³-hybridized carbons (Fsp3) is 0.469. The fourth-order valence-electron chi connectivity index (χ4n) is 8.17. The molecule has 6 amide bonds. The van der Waals surface area contributed by atoms with E-state index in [4.69, 9.17) is 15.2 Å². The Morgan fingerprint density at radius 2 is 1.44 bits per heavy atom. The van der Waals surface area contributed by atoms with Crippen molar-refractivity contribution >= 4 is 47.2 Å². The number of ether oxygens (including phenoxy) is 2. The number of hydrogen-bond acceptors (Lipinski definition) is 10. The molecule has 2 aliphatic rings. The second-order valence-electron chi connectivity index (χ2n) is 16.8. The van der Waals surface area contributed by atoms with E-state index in [1.54, 1.807) is 31.2 Å². The van der Waals surface area contributed by atoms with Crippen molar-refractivity contribution in [1.82, 2.24) is 31.3 Å². The van der Waals surface area contributed by atoms with Gasteiger partial charge in [-0.15, -0.1) is 0 Å². The van der Waals surface area contributed by atoms with E-state index in [1.807, 2.05) is 66.7 Å². The maximum Gasteiger partial charge on any atom is 0.309 e. The van der Waals surface area contributed by atoms with Crippen LogP contribution in [0.2, 0.25) is 0 Å². The minimum Gasteiger partial charge on any atom is -0.469 e. The summed E-state index contributed by atoms with van der Waals surface area (Å²) in [5.41, 5.74) is 10.7. The van der Waals surface area contributed by atoms with Crippen LogP contribution < -0.4 is 27.1 Å². The van der Waals surface area contributed by atoms with Crippen LogP contribution in [0.25, 0.3) is 0 Å². The standard InChI is InChI=1S/C49H64N8O9/c1-34(50)51-26-14-24-39(49(64)65-2)29-44(59)57(31-36-18-8-4-9-19-36)55-47(62)42-25-15-27-56(42)48(63)41(33-66-32-37-20-10-5-11-21-37)54-46(61)40(28-35-16-6-3-7-17-35)53-43(58)30-52-45(60)38-22-12-13-23-38/h3-11,16-21,38-42H,12-15,22-33H2,1-2H3,(H2,50,51)(H,52,60)(H,53,58)(H,54,61)(H,55,62). The summed E-state index contributed by atoms with van der Waals surface area (Å²) in [6, 6.07) is 23.9. The molecule has 2 fully saturated rings. The number of rotatable bonds is 23. The summed E-state index contributed by atoms with van der Waals surface area (Å²) in [4.78, 5) is 102. The number of aliphatic imine (C=N–C) groups is 1. The van der Waals surface area contributed by atoms with E-state index in [0.29, 0.717) is 37.2 Å². The maximum absolute atomic E-state index is 14.6. The number of nitrogens with zero attached hydrogens (tertiary/aromatic N) is 3. The molecule has 17 nitrogen and oxygen atoms in total. The highest BCUT2D eigenvalue weighted by Crippen LogP contribution is 2.25. The van der Waals surface area contributed by atoms with E-state index in [9.17, 15) is 33.6 Å². The van der Waals surface area contributed by atoms with Gasteiger partial charge in [-0.1, -0.05) is 104 Å². The molecule has 5 rings (SSSR count). The van der Waals surface area contributed by atoms with Gasteiger partial charge in [0, 0.05) is 31.8 Å². The van der Waals surface area contributed by atoms with Crippen molar-refractivity contribution in [3.05, 3.63) is 108 Å². The summed E-state index contributed by atoms with van der Waals surface area (Å²) in [6.07, 6.45) is 4.75. The van der Waals surface area contributed by atoms with Crippen molar-refractivity contribution in [2.75, 3.05) is 33.4 Å². The molecule has 1 heterocycles. The second-order valence-corrected chi connectivity index (χ2v) is 16.8. The van der Waals surface area contributed by atoms with Gasteiger partial charge < -0.3 is 36.1 Å². The molecule has 4 atom stereocenters. The largest absolute Gasteiger partial charge is 0.469 e. The molecule has 1 aliphatic heterocycles. The van der Waals surface area contributed by atoms with Gasteiger partial charge in [-0.2, -0.15) is 0 Å². The molecule has 4 unspecified atom stereocenters. The lowest BCUT2D eigenvalue weighted by Gasteiger charge is -2.32. The number of carbonyl (C=O) groups excluding carboxylic acids is 7. The van der Waals surface area contributed by atoms with Gasteiger partial charge >= 0.3 is 5.97 Å². The number of likely N-dealkylation sites (tertiary alicyclic amines) is 1. The third-order valence-corrected chi connectivity index (χ3v) is 11.7. The number of amidine groups is 1. The summed E-state index contributed by atoms with van der Waals surface area (Å²) in [6.45, 7) is 1.71. The van der Waals surface area contributed by atoms with Gasteiger partial charge in [-0.05, 0) is 62.1 Å². The average Bonchev–Trinajstić information content (AvgIpc) is 4.06. The Hall–Kier alpha value is -6.62. The Labute approximate surface area is 386 Å². The minimum absolute atomic E-state index is 0.0264. The zero-order chi connectivity index (χ0) is 47.3. The number of carbonyl (C=O) groups is 7. The fourth-order valence-corrected chi connectivity index (χ4v) is 8.17. The first-order chi connectivity index (χ1) is 31.9. The number of methoxy groups -OCH3 is 1. The van der Waals surface area contributed by atoms with E-state index < -0.39 is 59.5 Å². The molecule has 17 heteroatoms. The van der Waals surface area contributed by atoms with Crippen LogP contribution in [0.4, 0.5) is 0 Å². The normalized spacial score (nSPS) is 16.4. The molecule has 0 bridgehead atoms. The predicted molar refractivity (Wildman–Crippen MR) is 246 cm³/mol. The topological polar surface area (TPSA) is 231 Å². The molecule has 1 saturated carbocycles. The van der Waals surface area contributed by atoms with E-state index in [0.717, 1.165) is 41.8 Å². The van der Waals surface area contributed by atoms with Crippen molar-refractivity contribution in [3.8, 4) is 0 Å². The van der Waals surface area contributed by atoms with Gasteiger partial charge in [0.15, 0.2) is 0 Å². The summed E-state index contributed by atoms with van der Waals surface area (Å²) < 4.78 is 11.0. The van der Waals surface area contributed by atoms with Crippen LogP contribution >= 0.6 is 0 Å². The molecule has 6 N–H and O–H groups in total. The molecule has 354 valence electrons. The molecule has 0 spiro atoms. The number of esters is 1. The number of nitrogens with one attached hydrogen (secondary N) is 4. The molecule has 1 saturated heterocycles. The molecule has 66 heavy (non-hydrogen) atoms. The first-order valence-corrected chi connectivity index (χ1v) is 22.7. The highest BCUT2D eigenvalue weighted by atomic mass is 16.5. The maximum atomic E-state index is 14.6. The molecular weight excluding hydrogens is 845 g/mol. The average molecular weight is 909 g/mol. The van der Waals surface area contributed by atoms with Crippen LogP contribution in [0.3, 0.4) is 0 Å². The lowest BCUT2D eigenvalue weighted by Crippen LogP contribution is -2.59. The first-order valence-electron chi connectivity index (χ1n) is 22.7. The molecule has 3 aromatic rings. The molecule has 1 aliphatic carbocycles. The third kappa shape index (κ3) is 16.1. The summed E-state index contributed by atoms with van der Waals surface area (Å²) in [7, 11) is 1.25. The van der Waals surface area contributed by atoms with Crippen LogP contribution in [0.15, 0.2) is 96.0 Å². The highest BCUT2D eigenvalue weighted by molar-refractivity contribution is 5.96. The van der Waals surface area contributed by atoms with Crippen molar-refractivity contribution in [3.63, 3.8) is 0 Å². The Bertz CT molecular complexity index is 2100. The van der Waals surface area contributed by atoms with Crippen molar-refractivity contribution in [2.24, 2.45) is 22.6 Å². The quantitative estimate of drug-likeness (QED) is 0.0307. The van der Waals surface area contributed by atoms with Gasteiger partial charge in [0.2, 0.25) is 29.5 Å². The van der Waals surface area contributed by atoms with E-state index in [-0.39, 0.29) is 63.9 Å². The van der Waals surface area contributed by atoms with Gasteiger partial charge in [0.25, 0.3) is 5.91 Å². The summed E-state index contributed by atoms with van der Waals surface area (Å²) in [5.74, 6) is -4.33. The first kappa shape index (κ1) is 50.4. The van der Waals surface area contributed by atoms with Crippen molar-refractivity contribution in [1.29, 1.82) is 0 Å². The lowest BCUT2D eigenvalue weighted by atomic mass is 9.98. The SMILES string of the molecule is COC(=O)C(CCCN=C(C)N)CC(=O)N(Cc1ccccc1)NC(=O)C1CCCN1C(=O)C(COCc1ccccc1)NC(=O)C(Cc1ccccc1)NC(=O)CNC(=O)C1CCCC1. The lowest BCUT2D eigenvalue weighted by molar-refractivity contribution is -0.152. The molecule has 3 aromatic carbocycles. The second kappa shape index (κ2) is 26.4. The van der Waals surface area contributed by atoms with E-state index in [2.05, 4.69) is 26.4 Å². The number of nitrogens with two attached hydrogens (primary N) is 1.